The van der Waals surface area contributed by atoms with Crippen LogP contribution in [0, 0.1) is 19.8 Å². The lowest BCUT2D eigenvalue weighted by molar-refractivity contribution is -0.141. The average Bonchev–Trinajstić information content (AvgIpc) is 3.06. The Balaban J connectivity index is 1.35. The second-order valence-corrected chi connectivity index (χ2v) is 14.3. The van der Waals surface area contributed by atoms with Gasteiger partial charge in [0.15, 0.2) is 0 Å². The third-order valence-corrected chi connectivity index (χ3v) is 9.25. The average molecular weight is 689 g/mol. The number of ether oxygens (including phenoxy) is 2. The van der Waals surface area contributed by atoms with Gasteiger partial charge >= 0.3 is 12.1 Å². The molecule has 4 rings (SSSR count). The quantitative estimate of drug-likeness (QED) is 0.206. The van der Waals surface area contributed by atoms with Crippen LogP contribution in [0.25, 0.3) is 0 Å². The molecule has 3 atom stereocenters. The van der Waals surface area contributed by atoms with Crippen LogP contribution in [-0.2, 0) is 23.9 Å². The fraction of sp³-hybridized carbons (Fsp3) is 0.513. The fourth-order valence-corrected chi connectivity index (χ4v) is 6.55. The minimum atomic E-state index is -0.708. The molecule has 11 heteroatoms. The number of anilines is 1. The van der Waals surface area contributed by atoms with Crippen molar-refractivity contribution in [3.05, 3.63) is 81.8 Å². The zero-order valence-corrected chi connectivity index (χ0v) is 30.4. The molecule has 0 spiro atoms. The number of allylic oxidation sites excluding steroid dienone is 3. The number of nitrogens with one attached hydrogen (secondary N) is 2. The first-order valence-corrected chi connectivity index (χ1v) is 17.5. The van der Waals surface area contributed by atoms with Gasteiger partial charge in [-0.15, -0.1) is 0 Å². The molecule has 0 aliphatic heterocycles. The van der Waals surface area contributed by atoms with Crippen LogP contribution < -0.4 is 15.5 Å². The number of aryl methyl sites for hydroxylation is 2. The molecule has 270 valence electrons. The van der Waals surface area contributed by atoms with E-state index in [9.17, 15) is 24.3 Å². The van der Waals surface area contributed by atoms with Gasteiger partial charge in [0.2, 0.25) is 11.8 Å². The molecular weight excluding hydrogens is 636 g/mol. The molecule has 1 aromatic heterocycles. The van der Waals surface area contributed by atoms with Crippen molar-refractivity contribution in [2.24, 2.45) is 5.92 Å². The highest BCUT2D eigenvalue weighted by molar-refractivity contribution is 5.87. The first kappa shape index (κ1) is 38.1. The van der Waals surface area contributed by atoms with Gasteiger partial charge in [0.1, 0.15) is 17.2 Å². The number of hydrogen-bond acceptors (Lipinski definition) is 8. The van der Waals surface area contributed by atoms with Crippen molar-refractivity contribution in [1.29, 1.82) is 0 Å². The van der Waals surface area contributed by atoms with Crippen molar-refractivity contribution in [3.8, 4) is 0 Å². The van der Waals surface area contributed by atoms with E-state index in [0.717, 1.165) is 53.5 Å². The first-order valence-electron chi connectivity index (χ1n) is 17.5. The van der Waals surface area contributed by atoms with Crippen molar-refractivity contribution >= 4 is 29.7 Å². The second kappa shape index (κ2) is 16.8. The Labute approximate surface area is 295 Å². The maximum absolute atomic E-state index is 13.0. The summed E-state index contributed by atoms with van der Waals surface area (Å²) in [5, 5.41) is 16.1. The summed E-state index contributed by atoms with van der Waals surface area (Å²) in [5.41, 5.74) is 5.48. The van der Waals surface area contributed by atoms with Crippen LogP contribution in [0.4, 0.5) is 10.6 Å². The molecule has 2 aromatic rings. The van der Waals surface area contributed by atoms with Gasteiger partial charge in [0.25, 0.3) is 0 Å². The van der Waals surface area contributed by atoms with Gasteiger partial charge in [0.05, 0.1) is 26.1 Å². The number of rotatable bonds is 12. The maximum atomic E-state index is 13.0. The van der Waals surface area contributed by atoms with E-state index in [1.807, 2.05) is 50.3 Å². The SMILES string of the molecule is COC(=O)C[C@H](NC(=O)CNC(=O)CCCN(C(=O)OC(C)(C)C)c1cc(C)c(C)cn1)c1ccc(C2C3=C(CCCC3)C(O)=CC2C)cc1. The topological polar surface area (TPSA) is 147 Å². The number of carbonyl (C=O) groups is 4. The predicted octanol–water partition coefficient (Wildman–Crippen LogP) is 6.80. The van der Waals surface area contributed by atoms with Crippen LogP contribution in [0.15, 0.2) is 59.5 Å². The summed E-state index contributed by atoms with van der Waals surface area (Å²) in [6.45, 7) is 11.2. The second-order valence-electron chi connectivity index (χ2n) is 14.3. The van der Waals surface area contributed by atoms with Crippen molar-refractivity contribution in [3.63, 3.8) is 0 Å². The van der Waals surface area contributed by atoms with Crippen LogP contribution in [0.2, 0.25) is 0 Å². The Kier molecular flexibility index (Phi) is 12.8. The van der Waals surface area contributed by atoms with E-state index in [1.165, 1.54) is 17.6 Å². The van der Waals surface area contributed by atoms with Crippen LogP contribution in [0.1, 0.15) is 107 Å². The van der Waals surface area contributed by atoms with Gasteiger partial charge in [-0.25, -0.2) is 9.78 Å². The minimum absolute atomic E-state index is 0.0647. The molecule has 0 saturated heterocycles. The molecule has 0 bridgehead atoms. The summed E-state index contributed by atoms with van der Waals surface area (Å²) in [6.07, 6.45) is 7.40. The van der Waals surface area contributed by atoms with Crippen LogP contribution >= 0.6 is 0 Å². The van der Waals surface area contributed by atoms with Gasteiger partial charge in [-0.3, -0.25) is 19.3 Å². The molecule has 3 amide bonds. The highest BCUT2D eigenvalue weighted by atomic mass is 16.6. The Bertz CT molecular complexity index is 1620. The lowest BCUT2D eigenvalue weighted by Crippen LogP contribution is -2.40. The predicted molar refractivity (Wildman–Crippen MR) is 192 cm³/mol. The number of carbonyl (C=O) groups excluding carboxylic acids is 4. The van der Waals surface area contributed by atoms with Crippen LogP contribution in [0.5, 0.6) is 0 Å². The fourth-order valence-electron chi connectivity index (χ4n) is 6.55. The highest BCUT2D eigenvalue weighted by Gasteiger charge is 2.32. The van der Waals surface area contributed by atoms with Crippen LogP contribution in [-0.4, -0.2) is 59.8 Å². The zero-order chi connectivity index (χ0) is 36.6. The first-order chi connectivity index (χ1) is 23.7. The monoisotopic (exact) mass is 688 g/mol. The normalized spacial score (nSPS) is 17.9. The summed E-state index contributed by atoms with van der Waals surface area (Å²) in [7, 11) is 1.30. The highest BCUT2D eigenvalue weighted by Crippen LogP contribution is 2.46. The van der Waals surface area contributed by atoms with Gasteiger partial charge in [-0.05, 0) is 113 Å². The summed E-state index contributed by atoms with van der Waals surface area (Å²) in [4.78, 5) is 56.9. The van der Waals surface area contributed by atoms with E-state index in [-0.39, 0.29) is 43.7 Å². The molecule has 2 aliphatic carbocycles. The Morgan fingerprint density at radius 2 is 1.74 bits per heavy atom. The van der Waals surface area contributed by atoms with Crippen molar-refractivity contribution in [1.82, 2.24) is 15.6 Å². The molecule has 2 aliphatic rings. The van der Waals surface area contributed by atoms with Gasteiger partial charge < -0.3 is 25.2 Å². The number of nitrogens with zero attached hydrogens (tertiary/aromatic N) is 2. The third kappa shape index (κ3) is 10.2. The molecule has 0 radical (unpaired) electrons. The molecular formula is C39H52N4O7. The number of pyridine rings is 1. The lowest BCUT2D eigenvalue weighted by Gasteiger charge is -2.34. The van der Waals surface area contributed by atoms with Gasteiger partial charge in [-0.2, -0.15) is 0 Å². The van der Waals surface area contributed by atoms with E-state index < -0.39 is 29.6 Å². The molecule has 50 heavy (non-hydrogen) atoms. The number of benzene rings is 1. The smallest absolute Gasteiger partial charge is 0.416 e. The molecule has 11 nitrogen and oxygen atoms in total. The number of hydrogen-bond donors (Lipinski definition) is 3. The minimum Gasteiger partial charge on any atom is -0.508 e. The Hall–Kier alpha value is -4.67. The zero-order valence-electron chi connectivity index (χ0n) is 30.4. The summed E-state index contributed by atoms with van der Waals surface area (Å²) >= 11 is 0. The number of aliphatic hydroxyl groups excluding tert-OH is 1. The summed E-state index contributed by atoms with van der Waals surface area (Å²) < 4.78 is 10.5. The molecule has 0 fully saturated rings. The molecule has 0 saturated carbocycles. The number of esters is 1. The third-order valence-electron chi connectivity index (χ3n) is 9.25. The van der Waals surface area contributed by atoms with Crippen molar-refractivity contribution in [2.45, 2.75) is 104 Å². The number of amides is 3. The van der Waals surface area contributed by atoms with E-state index in [4.69, 9.17) is 9.47 Å². The van der Waals surface area contributed by atoms with Gasteiger partial charge in [-0.1, -0.05) is 36.8 Å². The number of methoxy groups -OCH3 is 1. The number of aromatic nitrogens is 1. The molecule has 1 heterocycles. The van der Waals surface area contributed by atoms with E-state index in [2.05, 4.69) is 22.5 Å². The molecule has 1 aromatic carbocycles. The molecule has 2 unspecified atom stereocenters. The van der Waals surface area contributed by atoms with Gasteiger partial charge in [0, 0.05) is 25.1 Å². The van der Waals surface area contributed by atoms with Crippen molar-refractivity contribution in [2.75, 3.05) is 25.1 Å². The summed E-state index contributed by atoms with van der Waals surface area (Å²) in [6, 6.07) is 9.03. The van der Waals surface area contributed by atoms with E-state index >= 15 is 0 Å². The standard InChI is InChI=1S/C39H52N4O7/c1-24-20-33(40-22-26(24)3)43(38(48)50-39(4,5)6)18-10-13-34(45)41-23-35(46)42-31(21-36(47)49-7)27-14-16-28(17-15-27)37-25(2)19-32(44)29-11-8-9-12-30(29)37/h14-17,19-20,22,25,31,37,44H,8-13,18,21,23H2,1-7H3,(H,41,45)(H,42,46)/t25?,31-,37?/m0/s1. The van der Waals surface area contributed by atoms with Crippen molar-refractivity contribution < 1.29 is 33.8 Å². The Morgan fingerprint density at radius 3 is 2.40 bits per heavy atom. The van der Waals surface area contributed by atoms with E-state index in [0.29, 0.717) is 18.0 Å². The number of aliphatic hydroxyl groups is 1. The maximum Gasteiger partial charge on any atom is 0.416 e. The summed E-state index contributed by atoms with van der Waals surface area (Å²) in [5.74, 6) is -0.149. The van der Waals surface area contributed by atoms with E-state index in [1.54, 1.807) is 27.0 Å². The largest absolute Gasteiger partial charge is 0.508 e. The lowest BCUT2D eigenvalue weighted by atomic mass is 9.71. The van der Waals surface area contributed by atoms with Crippen LogP contribution in [0.3, 0.4) is 0 Å². The molecule has 3 N–H and O–H groups in total. The Morgan fingerprint density at radius 1 is 1.04 bits per heavy atom.